The zero-order valence-corrected chi connectivity index (χ0v) is 20.4. The maximum Gasteiger partial charge on any atom is 0.220 e. The largest absolute Gasteiger partial charge is 0.504 e. The van der Waals surface area contributed by atoms with Crippen LogP contribution in [0.1, 0.15) is 102 Å². The number of methoxy groups -OCH3 is 1. The zero-order chi connectivity index (χ0) is 23.3. The van der Waals surface area contributed by atoms with E-state index in [1.165, 1.54) is 64.9 Å². The summed E-state index contributed by atoms with van der Waals surface area (Å²) >= 11 is 0. The third-order valence-electron chi connectivity index (χ3n) is 5.59. The molecule has 1 aromatic rings. The average Bonchev–Trinajstić information content (AvgIpc) is 2.80. The number of allylic oxidation sites excluding steroid dienone is 4. The van der Waals surface area contributed by atoms with Gasteiger partial charge in [-0.15, -0.1) is 0 Å². The van der Waals surface area contributed by atoms with Crippen LogP contribution in [-0.4, -0.2) is 18.1 Å². The topological polar surface area (TPSA) is 58.6 Å². The number of amides is 1. The quantitative estimate of drug-likeness (QED) is 0.171. The third-order valence-corrected chi connectivity index (χ3v) is 5.59. The minimum Gasteiger partial charge on any atom is -0.504 e. The van der Waals surface area contributed by atoms with E-state index >= 15 is 0 Å². The van der Waals surface area contributed by atoms with Crippen LogP contribution in [0.4, 0.5) is 0 Å². The second-order valence-electron chi connectivity index (χ2n) is 8.47. The minimum absolute atomic E-state index is 0.0778. The second-order valence-corrected chi connectivity index (χ2v) is 8.47. The van der Waals surface area contributed by atoms with Gasteiger partial charge < -0.3 is 15.2 Å². The molecule has 0 atom stereocenters. The smallest absolute Gasteiger partial charge is 0.220 e. The molecule has 2 N–H and O–H groups in total. The number of hydrogen-bond donors (Lipinski definition) is 2. The lowest BCUT2D eigenvalue weighted by molar-refractivity contribution is -0.121. The number of benzene rings is 1. The molecule has 0 bridgehead atoms. The fourth-order valence-electron chi connectivity index (χ4n) is 3.57. The van der Waals surface area contributed by atoms with Crippen LogP contribution < -0.4 is 10.1 Å². The molecule has 0 heterocycles. The number of carbonyl (C=O) groups excluding carboxylic acids is 1. The summed E-state index contributed by atoms with van der Waals surface area (Å²) in [6.45, 7) is 2.71. The molecule has 180 valence electrons. The van der Waals surface area contributed by atoms with Gasteiger partial charge in [-0.3, -0.25) is 4.79 Å². The Balaban J connectivity index is 1.93. The van der Waals surface area contributed by atoms with Gasteiger partial charge in [-0.05, 0) is 56.2 Å². The molecule has 1 rings (SSSR count). The summed E-state index contributed by atoms with van der Waals surface area (Å²) in [5.74, 6) is 0.614. The van der Waals surface area contributed by atoms with Crippen molar-refractivity contribution in [2.75, 3.05) is 7.11 Å². The summed E-state index contributed by atoms with van der Waals surface area (Å²) in [6.07, 6.45) is 25.7. The first-order valence-corrected chi connectivity index (χ1v) is 12.6. The van der Waals surface area contributed by atoms with Crippen LogP contribution in [0.2, 0.25) is 0 Å². The number of hydrogen-bond acceptors (Lipinski definition) is 3. The van der Waals surface area contributed by atoms with Crippen molar-refractivity contribution in [2.45, 2.75) is 103 Å². The standard InChI is InChI=1S/C28H45NO3/c1-3-4-5-6-7-8-9-10-11-12-13-14-15-16-17-18-19-20-28(31)29-24-25-21-22-26(30)27(23-25)32-2/h9-10,12-13,21-23,30H,3-8,11,14-20,24H2,1-2H3,(H,29,31). The number of rotatable bonds is 19. The molecule has 4 heteroatoms. The maximum atomic E-state index is 12.0. The first-order valence-electron chi connectivity index (χ1n) is 12.6. The SMILES string of the molecule is CCCCCCCC=CCC=CCCCCCCCC(=O)NCc1ccc(O)c(OC)c1. The Labute approximate surface area is 196 Å². The van der Waals surface area contributed by atoms with Crippen molar-refractivity contribution in [3.05, 3.63) is 48.1 Å². The Morgan fingerprint density at radius 1 is 0.906 bits per heavy atom. The van der Waals surface area contributed by atoms with Gasteiger partial charge in [-0.1, -0.05) is 82.2 Å². The lowest BCUT2D eigenvalue weighted by Crippen LogP contribution is -2.22. The third kappa shape index (κ3) is 14.7. The molecule has 0 aromatic heterocycles. The molecular weight excluding hydrogens is 398 g/mol. The number of carbonyl (C=O) groups is 1. The Bertz CT molecular complexity index is 667. The number of unbranched alkanes of at least 4 members (excludes halogenated alkanes) is 10. The molecule has 1 amide bonds. The summed E-state index contributed by atoms with van der Waals surface area (Å²) in [5.41, 5.74) is 0.916. The predicted molar refractivity (Wildman–Crippen MR) is 135 cm³/mol. The lowest BCUT2D eigenvalue weighted by Gasteiger charge is -2.08. The van der Waals surface area contributed by atoms with Gasteiger partial charge in [0, 0.05) is 13.0 Å². The molecule has 0 fully saturated rings. The summed E-state index contributed by atoms with van der Waals surface area (Å²) in [6, 6.07) is 5.12. The van der Waals surface area contributed by atoms with Crippen LogP contribution in [0.3, 0.4) is 0 Å². The van der Waals surface area contributed by atoms with Crippen molar-refractivity contribution in [3.8, 4) is 11.5 Å². The molecular formula is C28H45NO3. The minimum atomic E-state index is 0.0778. The molecule has 0 spiro atoms. The van der Waals surface area contributed by atoms with Crippen molar-refractivity contribution in [2.24, 2.45) is 0 Å². The highest BCUT2D eigenvalue weighted by atomic mass is 16.5. The summed E-state index contributed by atoms with van der Waals surface area (Å²) in [5, 5.41) is 12.5. The van der Waals surface area contributed by atoms with Gasteiger partial charge in [0.1, 0.15) is 0 Å². The van der Waals surface area contributed by atoms with Crippen LogP contribution in [-0.2, 0) is 11.3 Å². The molecule has 0 saturated heterocycles. The van der Waals surface area contributed by atoms with Crippen molar-refractivity contribution < 1.29 is 14.6 Å². The van der Waals surface area contributed by atoms with E-state index in [1.807, 2.05) is 0 Å². The van der Waals surface area contributed by atoms with Crippen LogP contribution in [0.15, 0.2) is 42.5 Å². The van der Waals surface area contributed by atoms with Gasteiger partial charge in [-0.2, -0.15) is 0 Å². The normalized spacial score (nSPS) is 11.4. The van der Waals surface area contributed by atoms with Crippen LogP contribution in [0.25, 0.3) is 0 Å². The summed E-state index contributed by atoms with van der Waals surface area (Å²) in [4.78, 5) is 12.0. The van der Waals surface area contributed by atoms with Gasteiger partial charge in [0.25, 0.3) is 0 Å². The molecule has 0 unspecified atom stereocenters. The highest BCUT2D eigenvalue weighted by Crippen LogP contribution is 2.26. The summed E-state index contributed by atoms with van der Waals surface area (Å²) in [7, 11) is 1.52. The molecule has 32 heavy (non-hydrogen) atoms. The van der Waals surface area contributed by atoms with E-state index in [0.717, 1.165) is 31.2 Å². The Morgan fingerprint density at radius 3 is 2.19 bits per heavy atom. The second kappa shape index (κ2) is 19.5. The number of aromatic hydroxyl groups is 1. The first-order chi connectivity index (χ1) is 15.7. The number of nitrogens with one attached hydrogen (secondary N) is 1. The van der Waals surface area contributed by atoms with E-state index in [-0.39, 0.29) is 11.7 Å². The monoisotopic (exact) mass is 443 g/mol. The Morgan fingerprint density at radius 2 is 1.53 bits per heavy atom. The Hall–Kier alpha value is -2.23. The van der Waals surface area contributed by atoms with Gasteiger partial charge in [0.15, 0.2) is 11.5 Å². The van der Waals surface area contributed by atoms with E-state index in [9.17, 15) is 9.90 Å². The first kappa shape index (κ1) is 27.8. The van der Waals surface area contributed by atoms with Crippen molar-refractivity contribution in [1.82, 2.24) is 5.32 Å². The van der Waals surface area contributed by atoms with Gasteiger partial charge in [0.2, 0.25) is 5.91 Å². The number of phenolic OH excluding ortho intramolecular Hbond substituents is 1. The Kier molecular flexibility index (Phi) is 16.9. The predicted octanol–water partition coefficient (Wildman–Crippen LogP) is 7.61. The van der Waals surface area contributed by atoms with E-state index in [0.29, 0.717) is 18.7 Å². The zero-order valence-electron chi connectivity index (χ0n) is 20.4. The number of phenols is 1. The molecule has 0 aliphatic carbocycles. The van der Waals surface area contributed by atoms with Crippen molar-refractivity contribution >= 4 is 5.91 Å². The molecule has 0 radical (unpaired) electrons. The van der Waals surface area contributed by atoms with Gasteiger partial charge in [0.05, 0.1) is 7.11 Å². The summed E-state index contributed by atoms with van der Waals surface area (Å²) < 4.78 is 5.09. The van der Waals surface area contributed by atoms with E-state index in [1.54, 1.807) is 18.2 Å². The average molecular weight is 444 g/mol. The number of ether oxygens (including phenoxy) is 1. The van der Waals surface area contributed by atoms with Crippen LogP contribution in [0, 0.1) is 0 Å². The molecule has 0 saturated carbocycles. The molecule has 0 aliphatic heterocycles. The van der Waals surface area contributed by atoms with E-state index in [4.69, 9.17) is 4.74 Å². The fourth-order valence-corrected chi connectivity index (χ4v) is 3.57. The lowest BCUT2D eigenvalue weighted by atomic mass is 10.1. The molecule has 4 nitrogen and oxygen atoms in total. The fraction of sp³-hybridized carbons (Fsp3) is 0.607. The van der Waals surface area contributed by atoms with E-state index < -0.39 is 0 Å². The van der Waals surface area contributed by atoms with Crippen molar-refractivity contribution in [3.63, 3.8) is 0 Å². The molecule has 1 aromatic carbocycles. The molecule has 0 aliphatic rings. The maximum absolute atomic E-state index is 12.0. The highest BCUT2D eigenvalue weighted by molar-refractivity contribution is 5.75. The van der Waals surface area contributed by atoms with E-state index in [2.05, 4.69) is 36.5 Å². The van der Waals surface area contributed by atoms with Gasteiger partial charge in [-0.25, -0.2) is 0 Å². The van der Waals surface area contributed by atoms with Gasteiger partial charge >= 0.3 is 0 Å². The van der Waals surface area contributed by atoms with Crippen LogP contribution >= 0.6 is 0 Å². The highest BCUT2D eigenvalue weighted by Gasteiger charge is 2.05. The van der Waals surface area contributed by atoms with Crippen LogP contribution in [0.5, 0.6) is 11.5 Å². The van der Waals surface area contributed by atoms with Crippen molar-refractivity contribution in [1.29, 1.82) is 0 Å².